The van der Waals surface area contributed by atoms with Crippen LogP contribution >= 0.6 is 0 Å². The number of aromatic carboxylic acids is 1. The van der Waals surface area contributed by atoms with Gasteiger partial charge in [-0.25, -0.2) is 4.79 Å². The van der Waals surface area contributed by atoms with Crippen molar-refractivity contribution in [2.75, 3.05) is 0 Å². The topological polar surface area (TPSA) is 66.6 Å². The molecule has 1 heterocycles. The van der Waals surface area contributed by atoms with Crippen molar-refractivity contribution < 1.29 is 14.4 Å². The lowest BCUT2D eigenvalue weighted by atomic mass is 10.2. The number of hydrogen-bond donors (Lipinski definition) is 1. The van der Waals surface area contributed by atoms with Crippen LogP contribution in [0.15, 0.2) is 40.9 Å². The summed E-state index contributed by atoms with van der Waals surface area (Å²) in [4.78, 5) is 13.0. The van der Waals surface area contributed by atoms with E-state index in [-0.39, 0.29) is 5.69 Å². The van der Waals surface area contributed by atoms with Crippen molar-refractivity contribution >= 4 is 5.97 Å². The van der Waals surface area contributed by atoms with Crippen molar-refractivity contribution in [3.05, 3.63) is 53.4 Å². The molecule has 0 saturated heterocycles. The van der Waals surface area contributed by atoms with Gasteiger partial charge in [0.2, 0.25) is 0 Å². The van der Waals surface area contributed by atoms with Gasteiger partial charge in [0.1, 0.15) is 0 Å². The Bertz CT molecular complexity index is 564. The normalized spacial score (nSPS) is 11.2. The van der Waals surface area contributed by atoms with Gasteiger partial charge in [-0.3, -0.25) is 4.90 Å². The third-order valence-electron chi connectivity index (χ3n) is 3.10. The van der Waals surface area contributed by atoms with E-state index in [9.17, 15) is 4.79 Å². The summed E-state index contributed by atoms with van der Waals surface area (Å²) in [6.07, 6.45) is 0. The monoisotopic (exact) mass is 274 g/mol. The number of rotatable bonds is 6. The van der Waals surface area contributed by atoms with Crippen molar-refractivity contribution in [1.29, 1.82) is 0 Å². The zero-order valence-electron chi connectivity index (χ0n) is 11.6. The highest BCUT2D eigenvalue weighted by molar-refractivity contribution is 5.85. The number of hydrogen-bond acceptors (Lipinski definition) is 4. The molecular formula is C15H18N2O3. The van der Waals surface area contributed by atoms with Gasteiger partial charge in [0.25, 0.3) is 0 Å². The van der Waals surface area contributed by atoms with E-state index in [0.717, 1.165) is 6.54 Å². The second-order valence-electron chi connectivity index (χ2n) is 4.97. The molecule has 0 spiro atoms. The van der Waals surface area contributed by atoms with Crippen LogP contribution in [0.2, 0.25) is 0 Å². The molecule has 1 N–H and O–H groups in total. The van der Waals surface area contributed by atoms with Crippen molar-refractivity contribution in [2.24, 2.45) is 0 Å². The Morgan fingerprint density at radius 2 is 2.00 bits per heavy atom. The molecule has 5 nitrogen and oxygen atoms in total. The molecule has 0 aliphatic carbocycles. The maximum Gasteiger partial charge on any atom is 0.358 e. The summed E-state index contributed by atoms with van der Waals surface area (Å²) in [5.41, 5.74) is 1.16. The molecule has 20 heavy (non-hydrogen) atoms. The summed E-state index contributed by atoms with van der Waals surface area (Å²) in [6.45, 7) is 5.50. The van der Waals surface area contributed by atoms with E-state index >= 15 is 0 Å². The van der Waals surface area contributed by atoms with E-state index < -0.39 is 5.97 Å². The van der Waals surface area contributed by atoms with E-state index in [0.29, 0.717) is 18.3 Å². The fourth-order valence-electron chi connectivity index (χ4n) is 1.93. The molecular weight excluding hydrogens is 256 g/mol. The summed E-state index contributed by atoms with van der Waals surface area (Å²) in [7, 11) is 0. The van der Waals surface area contributed by atoms with Crippen LogP contribution in [0.1, 0.15) is 35.7 Å². The molecule has 0 aliphatic heterocycles. The van der Waals surface area contributed by atoms with E-state index in [2.05, 4.69) is 36.0 Å². The minimum atomic E-state index is -1.07. The van der Waals surface area contributed by atoms with Gasteiger partial charge in [0, 0.05) is 18.7 Å². The van der Waals surface area contributed by atoms with Crippen molar-refractivity contribution in [3.8, 4) is 0 Å². The fraction of sp³-hybridized carbons (Fsp3) is 0.333. The Morgan fingerprint density at radius 1 is 1.30 bits per heavy atom. The van der Waals surface area contributed by atoms with Crippen LogP contribution in [0, 0.1) is 0 Å². The highest BCUT2D eigenvalue weighted by atomic mass is 16.5. The Kier molecular flexibility index (Phi) is 4.53. The third kappa shape index (κ3) is 3.68. The van der Waals surface area contributed by atoms with E-state index in [1.165, 1.54) is 11.6 Å². The number of carbonyl (C=O) groups is 1. The first-order valence-electron chi connectivity index (χ1n) is 6.53. The minimum Gasteiger partial charge on any atom is -0.476 e. The van der Waals surface area contributed by atoms with Crippen LogP contribution < -0.4 is 0 Å². The zero-order valence-corrected chi connectivity index (χ0v) is 11.6. The number of benzene rings is 1. The van der Waals surface area contributed by atoms with Gasteiger partial charge in [-0.15, -0.1) is 0 Å². The lowest BCUT2D eigenvalue weighted by Gasteiger charge is -2.25. The highest BCUT2D eigenvalue weighted by Gasteiger charge is 2.16. The maximum absolute atomic E-state index is 10.8. The molecule has 2 rings (SSSR count). The average molecular weight is 274 g/mol. The minimum absolute atomic E-state index is 0.0524. The first-order valence-corrected chi connectivity index (χ1v) is 6.53. The Labute approximate surface area is 117 Å². The zero-order chi connectivity index (χ0) is 14.5. The molecule has 0 bridgehead atoms. The van der Waals surface area contributed by atoms with Crippen molar-refractivity contribution in [1.82, 2.24) is 10.1 Å². The predicted molar refractivity (Wildman–Crippen MR) is 74.3 cm³/mol. The second-order valence-corrected chi connectivity index (χ2v) is 4.97. The lowest BCUT2D eigenvalue weighted by Crippen LogP contribution is -2.29. The molecule has 2 aromatic rings. The summed E-state index contributed by atoms with van der Waals surface area (Å²) in [5.74, 6) is -0.508. The van der Waals surface area contributed by atoms with Gasteiger partial charge in [-0.1, -0.05) is 35.5 Å². The Hall–Kier alpha value is -2.14. The third-order valence-corrected chi connectivity index (χ3v) is 3.10. The van der Waals surface area contributed by atoms with Gasteiger partial charge >= 0.3 is 5.97 Å². The SMILES string of the molecule is CC(C)N(Cc1ccccc1)Cc1cc(C(=O)O)no1. The van der Waals surface area contributed by atoms with Gasteiger partial charge in [0.05, 0.1) is 6.54 Å². The fourth-order valence-corrected chi connectivity index (χ4v) is 1.93. The van der Waals surface area contributed by atoms with Gasteiger partial charge < -0.3 is 9.63 Å². The Balaban J connectivity index is 2.07. The molecule has 5 heteroatoms. The molecule has 0 unspecified atom stereocenters. The summed E-state index contributed by atoms with van der Waals surface area (Å²) in [5, 5.41) is 12.4. The molecule has 1 aromatic carbocycles. The lowest BCUT2D eigenvalue weighted by molar-refractivity contribution is 0.0685. The molecule has 1 aromatic heterocycles. The van der Waals surface area contributed by atoms with Crippen LogP contribution in [0.4, 0.5) is 0 Å². The molecule has 106 valence electrons. The van der Waals surface area contributed by atoms with E-state index in [1.54, 1.807) is 0 Å². The van der Waals surface area contributed by atoms with Gasteiger partial charge in [0.15, 0.2) is 11.5 Å². The summed E-state index contributed by atoms with van der Waals surface area (Å²) in [6, 6.07) is 11.9. The van der Waals surface area contributed by atoms with Gasteiger partial charge in [-0.2, -0.15) is 0 Å². The van der Waals surface area contributed by atoms with E-state index in [1.807, 2.05) is 18.2 Å². The second kappa shape index (κ2) is 6.34. The number of carboxylic acids is 1. The molecule has 0 aliphatic rings. The smallest absolute Gasteiger partial charge is 0.358 e. The molecule has 0 saturated carbocycles. The highest BCUT2D eigenvalue weighted by Crippen LogP contribution is 2.14. The first kappa shape index (κ1) is 14.3. The van der Waals surface area contributed by atoms with E-state index in [4.69, 9.17) is 9.63 Å². The van der Waals surface area contributed by atoms with Crippen LogP contribution in [0.3, 0.4) is 0 Å². The first-order chi connectivity index (χ1) is 9.56. The van der Waals surface area contributed by atoms with Crippen LogP contribution in [-0.2, 0) is 13.1 Å². The largest absolute Gasteiger partial charge is 0.476 e. The number of nitrogens with zero attached hydrogens (tertiary/aromatic N) is 2. The predicted octanol–water partition coefficient (Wildman–Crippen LogP) is 2.78. The number of carboxylic acid groups (broad SMARTS) is 1. The van der Waals surface area contributed by atoms with Crippen molar-refractivity contribution in [3.63, 3.8) is 0 Å². The quantitative estimate of drug-likeness (QED) is 0.877. The van der Waals surface area contributed by atoms with Crippen molar-refractivity contribution in [2.45, 2.75) is 33.0 Å². The summed E-state index contributed by atoms with van der Waals surface area (Å²) >= 11 is 0. The standard InChI is InChI=1S/C15H18N2O3/c1-11(2)17(9-12-6-4-3-5-7-12)10-13-8-14(15(18)19)16-20-13/h3-8,11H,9-10H2,1-2H3,(H,18,19). The Morgan fingerprint density at radius 3 is 2.55 bits per heavy atom. The molecule has 0 radical (unpaired) electrons. The van der Waals surface area contributed by atoms with Crippen LogP contribution in [-0.4, -0.2) is 27.2 Å². The van der Waals surface area contributed by atoms with Crippen LogP contribution in [0.25, 0.3) is 0 Å². The van der Waals surface area contributed by atoms with Gasteiger partial charge in [-0.05, 0) is 19.4 Å². The average Bonchev–Trinajstić information content (AvgIpc) is 2.88. The molecule has 0 amide bonds. The maximum atomic E-state index is 10.8. The van der Waals surface area contributed by atoms with Crippen LogP contribution in [0.5, 0.6) is 0 Å². The summed E-state index contributed by atoms with van der Waals surface area (Å²) < 4.78 is 5.07. The molecule has 0 fully saturated rings. The molecule has 0 atom stereocenters. The number of aromatic nitrogens is 1.